The van der Waals surface area contributed by atoms with Crippen LogP contribution in [0.2, 0.25) is 0 Å². The van der Waals surface area contributed by atoms with Gasteiger partial charge in [0, 0.05) is 25.7 Å². The molecule has 1 aromatic rings. The third-order valence-electron chi connectivity index (χ3n) is 3.53. The SMILES string of the molecule is CCCN(CC(=O)N(C)C)C(C)c1ccc(C)cc1O. The number of likely N-dealkylation sites (N-methyl/N-ethyl adjacent to an activating group) is 1. The van der Waals surface area contributed by atoms with Gasteiger partial charge >= 0.3 is 0 Å². The molecule has 1 amide bonds. The van der Waals surface area contributed by atoms with Crippen LogP contribution < -0.4 is 0 Å². The summed E-state index contributed by atoms with van der Waals surface area (Å²) in [6, 6.07) is 5.71. The second-order valence-electron chi connectivity index (χ2n) is 5.50. The lowest BCUT2D eigenvalue weighted by atomic mass is 10.0. The fourth-order valence-electron chi connectivity index (χ4n) is 2.22. The molecule has 1 unspecified atom stereocenters. The molecule has 0 aliphatic heterocycles. The standard InChI is InChI=1S/C16H26N2O2/c1-6-9-18(11-16(20)17(4)5)13(3)14-8-7-12(2)10-15(14)19/h7-8,10,13,19H,6,9,11H2,1-5H3. The molecule has 112 valence electrons. The number of phenolic OH excluding ortho intramolecular Hbond substituents is 1. The van der Waals surface area contributed by atoms with Crippen molar-refractivity contribution in [1.82, 2.24) is 9.80 Å². The summed E-state index contributed by atoms with van der Waals surface area (Å²) < 4.78 is 0. The smallest absolute Gasteiger partial charge is 0.236 e. The molecule has 0 radical (unpaired) electrons. The molecular weight excluding hydrogens is 252 g/mol. The summed E-state index contributed by atoms with van der Waals surface area (Å²) in [5, 5.41) is 10.1. The minimum atomic E-state index is 0.0134. The fraction of sp³-hybridized carbons (Fsp3) is 0.562. The normalized spacial score (nSPS) is 12.5. The number of amides is 1. The first kappa shape index (κ1) is 16.5. The number of aryl methyl sites for hydroxylation is 1. The Morgan fingerprint density at radius 3 is 2.50 bits per heavy atom. The molecule has 0 saturated carbocycles. The lowest BCUT2D eigenvalue weighted by Gasteiger charge is -2.30. The van der Waals surface area contributed by atoms with E-state index in [4.69, 9.17) is 0 Å². The van der Waals surface area contributed by atoms with E-state index >= 15 is 0 Å². The Hall–Kier alpha value is -1.55. The van der Waals surface area contributed by atoms with Crippen molar-refractivity contribution in [2.75, 3.05) is 27.2 Å². The van der Waals surface area contributed by atoms with Crippen LogP contribution in [-0.4, -0.2) is 48.0 Å². The van der Waals surface area contributed by atoms with Gasteiger partial charge in [0.1, 0.15) is 5.75 Å². The molecule has 4 heteroatoms. The number of benzene rings is 1. The molecule has 0 fully saturated rings. The highest BCUT2D eigenvalue weighted by atomic mass is 16.3. The van der Waals surface area contributed by atoms with E-state index in [-0.39, 0.29) is 11.9 Å². The molecule has 1 atom stereocenters. The number of hydrogen-bond acceptors (Lipinski definition) is 3. The summed E-state index contributed by atoms with van der Waals surface area (Å²) in [7, 11) is 3.53. The minimum absolute atomic E-state index is 0.0134. The average Bonchev–Trinajstić information content (AvgIpc) is 2.37. The lowest BCUT2D eigenvalue weighted by Crippen LogP contribution is -2.38. The van der Waals surface area contributed by atoms with E-state index in [1.807, 2.05) is 26.0 Å². The highest BCUT2D eigenvalue weighted by molar-refractivity contribution is 5.77. The second-order valence-corrected chi connectivity index (χ2v) is 5.50. The maximum absolute atomic E-state index is 11.9. The van der Waals surface area contributed by atoms with Gasteiger partial charge in [-0.25, -0.2) is 0 Å². The summed E-state index contributed by atoms with van der Waals surface area (Å²) in [4.78, 5) is 15.6. The van der Waals surface area contributed by atoms with Crippen LogP contribution in [0.3, 0.4) is 0 Å². The molecule has 1 N–H and O–H groups in total. The van der Waals surface area contributed by atoms with Crippen molar-refractivity contribution < 1.29 is 9.90 Å². The van der Waals surface area contributed by atoms with Crippen LogP contribution in [0.25, 0.3) is 0 Å². The van der Waals surface area contributed by atoms with Crippen molar-refractivity contribution in [2.24, 2.45) is 0 Å². The molecule has 20 heavy (non-hydrogen) atoms. The predicted molar refractivity (Wildman–Crippen MR) is 81.8 cm³/mol. The summed E-state index contributed by atoms with van der Waals surface area (Å²) in [6.07, 6.45) is 0.970. The number of aromatic hydroxyl groups is 1. The highest BCUT2D eigenvalue weighted by Crippen LogP contribution is 2.29. The van der Waals surface area contributed by atoms with Gasteiger partial charge in [-0.1, -0.05) is 19.1 Å². The fourth-order valence-corrected chi connectivity index (χ4v) is 2.22. The molecular formula is C16H26N2O2. The molecule has 0 aliphatic carbocycles. The van der Waals surface area contributed by atoms with Crippen LogP contribution in [0.1, 0.15) is 37.4 Å². The zero-order valence-electron chi connectivity index (χ0n) is 13.2. The number of phenols is 1. The van der Waals surface area contributed by atoms with Gasteiger partial charge in [0.2, 0.25) is 5.91 Å². The molecule has 0 saturated heterocycles. The topological polar surface area (TPSA) is 43.8 Å². The lowest BCUT2D eigenvalue weighted by molar-refractivity contribution is -0.130. The third-order valence-corrected chi connectivity index (χ3v) is 3.53. The van der Waals surface area contributed by atoms with Crippen molar-refractivity contribution in [3.05, 3.63) is 29.3 Å². The van der Waals surface area contributed by atoms with Crippen LogP contribution >= 0.6 is 0 Å². The maximum atomic E-state index is 11.9. The Balaban J connectivity index is 2.92. The Kier molecular flexibility index (Phi) is 6.02. The predicted octanol–water partition coefficient (Wildman–Crippen LogP) is 2.56. The van der Waals surface area contributed by atoms with Crippen LogP contribution in [0, 0.1) is 6.92 Å². The van der Waals surface area contributed by atoms with Crippen molar-refractivity contribution >= 4 is 5.91 Å². The first-order valence-electron chi connectivity index (χ1n) is 7.10. The van der Waals surface area contributed by atoms with Gasteiger partial charge < -0.3 is 10.0 Å². The second kappa shape index (κ2) is 7.29. The van der Waals surface area contributed by atoms with E-state index in [1.54, 1.807) is 25.1 Å². The Morgan fingerprint density at radius 2 is 2.00 bits per heavy atom. The molecule has 0 heterocycles. The summed E-state index contributed by atoms with van der Waals surface area (Å²) >= 11 is 0. The zero-order chi connectivity index (χ0) is 15.3. The van der Waals surface area contributed by atoms with Crippen LogP contribution in [0.4, 0.5) is 0 Å². The van der Waals surface area contributed by atoms with E-state index in [2.05, 4.69) is 11.8 Å². The number of rotatable bonds is 6. The molecule has 0 aliphatic rings. The zero-order valence-corrected chi connectivity index (χ0v) is 13.2. The van der Waals surface area contributed by atoms with Gasteiger partial charge in [0.25, 0.3) is 0 Å². The van der Waals surface area contributed by atoms with Crippen LogP contribution in [-0.2, 0) is 4.79 Å². The summed E-state index contributed by atoms with van der Waals surface area (Å²) in [5.41, 5.74) is 1.90. The number of hydrogen-bond donors (Lipinski definition) is 1. The molecule has 1 rings (SSSR count). The van der Waals surface area contributed by atoms with Crippen LogP contribution in [0.5, 0.6) is 5.75 Å². The van der Waals surface area contributed by atoms with E-state index < -0.39 is 0 Å². The van der Waals surface area contributed by atoms with Crippen molar-refractivity contribution in [3.8, 4) is 5.75 Å². The minimum Gasteiger partial charge on any atom is -0.508 e. The van der Waals surface area contributed by atoms with Gasteiger partial charge in [0.05, 0.1) is 6.54 Å². The van der Waals surface area contributed by atoms with Gasteiger partial charge in [-0.15, -0.1) is 0 Å². The van der Waals surface area contributed by atoms with Gasteiger partial charge in [-0.2, -0.15) is 0 Å². The first-order chi connectivity index (χ1) is 9.36. The van der Waals surface area contributed by atoms with Gasteiger partial charge in [-0.05, 0) is 38.4 Å². The van der Waals surface area contributed by atoms with Crippen molar-refractivity contribution in [3.63, 3.8) is 0 Å². The Labute approximate surface area is 122 Å². The molecule has 0 bridgehead atoms. The quantitative estimate of drug-likeness (QED) is 0.869. The van der Waals surface area contributed by atoms with E-state index in [9.17, 15) is 9.90 Å². The molecule has 0 spiro atoms. The number of carbonyl (C=O) groups excluding carboxylic acids is 1. The van der Waals surface area contributed by atoms with E-state index in [0.717, 1.165) is 24.1 Å². The monoisotopic (exact) mass is 278 g/mol. The maximum Gasteiger partial charge on any atom is 0.236 e. The summed E-state index contributed by atoms with van der Waals surface area (Å²) in [6.45, 7) is 7.27. The summed E-state index contributed by atoms with van der Waals surface area (Å²) in [5.74, 6) is 0.382. The average molecular weight is 278 g/mol. The highest BCUT2D eigenvalue weighted by Gasteiger charge is 2.21. The van der Waals surface area contributed by atoms with Crippen molar-refractivity contribution in [2.45, 2.75) is 33.2 Å². The Morgan fingerprint density at radius 1 is 1.35 bits per heavy atom. The first-order valence-corrected chi connectivity index (χ1v) is 7.10. The molecule has 1 aromatic carbocycles. The van der Waals surface area contributed by atoms with Gasteiger partial charge in [0.15, 0.2) is 0 Å². The van der Waals surface area contributed by atoms with E-state index in [0.29, 0.717) is 12.3 Å². The number of nitrogens with zero attached hydrogens (tertiary/aromatic N) is 2. The number of carbonyl (C=O) groups is 1. The Bertz CT molecular complexity index is 458. The largest absolute Gasteiger partial charge is 0.508 e. The van der Waals surface area contributed by atoms with Crippen LogP contribution in [0.15, 0.2) is 18.2 Å². The van der Waals surface area contributed by atoms with E-state index in [1.165, 1.54) is 0 Å². The molecule has 0 aromatic heterocycles. The third kappa shape index (κ3) is 4.23. The molecule has 4 nitrogen and oxygen atoms in total. The van der Waals surface area contributed by atoms with Gasteiger partial charge in [-0.3, -0.25) is 9.69 Å². The van der Waals surface area contributed by atoms with Crippen molar-refractivity contribution in [1.29, 1.82) is 0 Å².